The number of aliphatic carboxylic acids is 1. The molecule has 0 heterocycles. The molecular weight excluding hydrogens is 324 g/mol. The summed E-state index contributed by atoms with van der Waals surface area (Å²) in [6.07, 6.45) is 0.880. The molecule has 0 radical (unpaired) electrons. The van der Waals surface area contributed by atoms with Crippen LogP contribution < -0.4 is 5.11 Å². The molecule has 0 N–H and O–H groups in total. The second kappa shape index (κ2) is 13.2. The van der Waals surface area contributed by atoms with Crippen LogP contribution in [0.25, 0.3) is 0 Å². The summed E-state index contributed by atoms with van der Waals surface area (Å²) < 4.78 is 16.8. The molecule has 0 aromatic carbocycles. The van der Waals surface area contributed by atoms with E-state index < -0.39 is 30.9 Å². The molecule has 0 saturated carbocycles. The predicted octanol–water partition coefficient (Wildman–Crippen LogP) is 1.98. The Kier molecular flexibility index (Phi) is 14.4. The van der Waals surface area contributed by atoms with Crippen molar-refractivity contribution >= 4 is 11.8 Å². The Morgan fingerprint density at radius 1 is 0.909 bits per heavy atom. The summed E-state index contributed by atoms with van der Waals surface area (Å²) >= 11 is -2.18. The van der Waals surface area contributed by atoms with E-state index >= 15 is 0 Å². The quantitative estimate of drug-likeness (QED) is 0.465. The molecule has 0 rings (SSSR count). The van der Waals surface area contributed by atoms with Crippen LogP contribution in [0.2, 0.25) is 0 Å². The first-order chi connectivity index (χ1) is 10.0. The van der Waals surface area contributed by atoms with Gasteiger partial charge in [0, 0.05) is 0 Å². The predicted molar refractivity (Wildman–Crippen MR) is 78.1 cm³/mol. The average molecular weight is 354 g/mol. The molecule has 130 valence electrons. The number of rotatable bonds is 9. The number of carbonyl (C=O) groups excluding carboxylic acids is 2. The third-order valence-corrected chi connectivity index (χ3v) is 5.29. The Balaban J connectivity index is 0. The molecule has 7 heteroatoms. The van der Waals surface area contributed by atoms with Gasteiger partial charge in [0.2, 0.25) is 0 Å². The maximum Gasteiger partial charge on any atom is 0.138 e. The van der Waals surface area contributed by atoms with Gasteiger partial charge in [0.25, 0.3) is 0 Å². The van der Waals surface area contributed by atoms with Crippen LogP contribution in [0.15, 0.2) is 0 Å². The smallest absolute Gasteiger partial charge is 0.138 e. The molecular formula is C15H30O6Ti. The Hall–Kier alpha value is -0.266. The van der Waals surface area contributed by atoms with Crippen LogP contribution in [0.3, 0.4) is 0 Å². The maximum absolute atomic E-state index is 10.4. The van der Waals surface area contributed by atoms with Crippen LogP contribution in [0.5, 0.6) is 0 Å². The van der Waals surface area contributed by atoms with Crippen LogP contribution in [-0.2, 0) is 38.6 Å². The van der Waals surface area contributed by atoms with Crippen molar-refractivity contribution in [2.45, 2.75) is 80.1 Å². The zero-order valence-electron chi connectivity index (χ0n) is 15.0. The molecule has 1 atom stereocenters. The van der Waals surface area contributed by atoms with E-state index in [-0.39, 0.29) is 24.1 Å². The van der Waals surface area contributed by atoms with Gasteiger partial charge in [-0.3, -0.25) is 4.79 Å². The zero-order chi connectivity index (χ0) is 17.9. The summed E-state index contributed by atoms with van der Waals surface area (Å²) in [5.74, 6) is -2.52. The normalized spacial score (nSPS) is 12.1. The van der Waals surface area contributed by atoms with Gasteiger partial charge in [-0.05, 0) is 13.3 Å². The Bertz CT molecular complexity index is 279. The van der Waals surface area contributed by atoms with E-state index in [2.05, 4.69) is 0 Å². The number of carboxylic acids is 1. The van der Waals surface area contributed by atoms with Crippen molar-refractivity contribution in [3.05, 3.63) is 0 Å². The molecule has 0 saturated heterocycles. The second-order valence-electron chi connectivity index (χ2n) is 5.64. The van der Waals surface area contributed by atoms with Crippen LogP contribution in [-0.4, -0.2) is 30.1 Å². The van der Waals surface area contributed by atoms with E-state index in [1.54, 1.807) is 6.92 Å². The molecule has 0 bridgehead atoms. The fraction of sp³-hybridized carbons (Fsp3) is 0.867. The third kappa shape index (κ3) is 14.7. The van der Waals surface area contributed by atoms with Gasteiger partial charge >= 0.3 is 88.8 Å². The van der Waals surface area contributed by atoms with E-state index in [9.17, 15) is 14.7 Å². The summed E-state index contributed by atoms with van der Waals surface area (Å²) in [5.41, 5.74) is 0. The van der Waals surface area contributed by atoms with Crippen LogP contribution in [0.4, 0.5) is 0 Å². The summed E-state index contributed by atoms with van der Waals surface area (Å²) in [6.45, 7) is 14.9. The monoisotopic (exact) mass is 354 g/mol. The largest absolute Gasteiger partial charge is 0.549 e. The molecule has 0 aliphatic rings. The molecule has 0 spiro atoms. The van der Waals surface area contributed by atoms with Gasteiger partial charge in [-0.1, -0.05) is 6.92 Å². The van der Waals surface area contributed by atoms with Gasteiger partial charge in [0.05, 0.1) is 11.9 Å². The van der Waals surface area contributed by atoms with Gasteiger partial charge in [0.15, 0.2) is 0 Å². The second-order valence-corrected chi connectivity index (χ2v) is 7.53. The van der Waals surface area contributed by atoms with E-state index in [1.807, 2.05) is 41.5 Å². The standard InChI is InChI=1S/C6H10O3.3C3H7O.Ti/c1-3-5(4(2)7)6(8)9;3*1-3(2)4;/h5H,3H2,1-2H3,(H,8,9);3*3H,1-2H3;/q;3*-1;+4/p-1. The van der Waals surface area contributed by atoms with Gasteiger partial charge in [-0.2, -0.15) is 0 Å². The molecule has 0 aromatic heterocycles. The van der Waals surface area contributed by atoms with E-state index in [0.29, 0.717) is 6.42 Å². The SMILES string of the molecule is CC(C)[O][Ti+]([O]C(C)C)[O]C(C)C.CCC(C(C)=O)C(=O)[O-]. The molecule has 1 unspecified atom stereocenters. The summed E-state index contributed by atoms with van der Waals surface area (Å²) in [4.78, 5) is 20.4. The first-order valence-corrected chi connectivity index (χ1v) is 9.50. The van der Waals surface area contributed by atoms with Gasteiger partial charge < -0.3 is 9.90 Å². The zero-order valence-corrected chi connectivity index (χ0v) is 16.5. The Labute approximate surface area is 141 Å². The number of hydrogen-bond donors (Lipinski definition) is 0. The first kappa shape index (κ1) is 24.0. The Morgan fingerprint density at radius 2 is 1.23 bits per heavy atom. The van der Waals surface area contributed by atoms with Crippen molar-refractivity contribution in [3.8, 4) is 0 Å². The molecule has 0 aliphatic carbocycles. The van der Waals surface area contributed by atoms with Gasteiger partial charge in [0.1, 0.15) is 5.78 Å². The van der Waals surface area contributed by atoms with E-state index in [0.717, 1.165) is 0 Å². The average Bonchev–Trinajstić information content (AvgIpc) is 2.25. The van der Waals surface area contributed by atoms with Crippen molar-refractivity contribution in [2.24, 2.45) is 5.92 Å². The molecule has 0 amide bonds. The number of hydrogen-bond acceptors (Lipinski definition) is 6. The van der Waals surface area contributed by atoms with Gasteiger partial charge in [-0.25, -0.2) is 0 Å². The van der Waals surface area contributed by atoms with Crippen molar-refractivity contribution in [1.29, 1.82) is 0 Å². The minimum absolute atomic E-state index is 0.187. The maximum atomic E-state index is 10.4. The van der Waals surface area contributed by atoms with Crippen LogP contribution in [0.1, 0.15) is 61.8 Å². The summed E-state index contributed by atoms with van der Waals surface area (Å²) in [7, 11) is 0. The van der Waals surface area contributed by atoms with Crippen molar-refractivity contribution < 1.29 is 43.7 Å². The topological polar surface area (TPSA) is 84.9 Å². The fourth-order valence-corrected chi connectivity index (χ4v) is 3.34. The van der Waals surface area contributed by atoms with E-state index in [4.69, 9.17) is 9.96 Å². The molecule has 6 nitrogen and oxygen atoms in total. The summed E-state index contributed by atoms with van der Waals surface area (Å²) in [5, 5.41) is 10.0. The van der Waals surface area contributed by atoms with E-state index in [1.165, 1.54) is 6.92 Å². The van der Waals surface area contributed by atoms with Crippen LogP contribution >= 0.6 is 0 Å². The minimum atomic E-state index is -2.18. The van der Waals surface area contributed by atoms with Crippen molar-refractivity contribution in [3.63, 3.8) is 0 Å². The number of Topliss-reactive ketones (excluding diaryl/α,β-unsaturated/α-hetero) is 1. The first-order valence-electron chi connectivity index (χ1n) is 7.59. The van der Waals surface area contributed by atoms with Crippen LogP contribution in [0, 0.1) is 5.92 Å². The molecule has 22 heavy (non-hydrogen) atoms. The fourth-order valence-electron chi connectivity index (χ4n) is 1.28. The number of carboxylic acid groups (broad SMARTS) is 1. The minimum Gasteiger partial charge on any atom is -0.549 e. The van der Waals surface area contributed by atoms with Crippen molar-refractivity contribution in [2.75, 3.05) is 0 Å². The molecule has 0 aromatic rings. The molecule has 0 fully saturated rings. The number of ketones is 1. The van der Waals surface area contributed by atoms with Crippen molar-refractivity contribution in [1.82, 2.24) is 0 Å². The third-order valence-electron chi connectivity index (χ3n) is 2.18. The molecule has 0 aliphatic heterocycles. The number of carbonyl (C=O) groups is 2. The van der Waals surface area contributed by atoms with Gasteiger partial charge in [-0.15, -0.1) is 0 Å². The Morgan fingerprint density at radius 3 is 1.32 bits per heavy atom. The summed E-state index contributed by atoms with van der Waals surface area (Å²) in [6, 6.07) is 0.